The Labute approximate surface area is 260 Å². The average Bonchev–Trinajstić information content (AvgIpc) is 3.71. The van der Waals surface area contributed by atoms with Gasteiger partial charge in [0.2, 0.25) is 5.91 Å². The lowest BCUT2D eigenvalue weighted by Gasteiger charge is -2.32. The van der Waals surface area contributed by atoms with Crippen LogP contribution in [-0.2, 0) is 9.53 Å². The molecule has 0 aliphatic carbocycles. The largest absolute Gasteiger partial charge is 0.495 e. The second-order valence-corrected chi connectivity index (χ2v) is 11.5. The predicted molar refractivity (Wildman–Crippen MR) is 169 cm³/mol. The number of nitrogens with zero attached hydrogens (tertiary/aromatic N) is 5. The molecule has 7 rings (SSSR count). The van der Waals surface area contributed by atoms with Crippen LogP contribution >= 0.6 is 0 Å². The molecule has 3 aliphatic heterocycles. The number of morpholine rings is 1. The molecule has 5 heterocycles. The van der Waals surface area contributed by atoms with Gasteiger partial charge < -0.3 is 34.6 Å². The number of hydrogen-bond donors (Lipinski definition) is 2. The fraction of sp³-hybridized carbons (Fsp3) is 0.333. The summed E-state index contributed by atoms with van der Waals surface area (Å²) in [6.07, 6.45) is 7.32. The quantitative estimate of drug-likeness (QED) is 0.243. The van der Waals surface area contributed by atoms with E-state index in [1.165, 1.54) is 18.5 Å². The van der Waals surface area contributed by atoms with Crippen LogP contribution in [0.25, 0.3) is 10.9 Å². The van der Waals surface area contributed by atoms with Gasteiger partial charge in [-0.15, -0.1) is 0 Å². The normalized spacial score (nSPS) is 19.5. The Morgan fingerprint density at radius 2 is 1.93 bits per heavy atom. The van der Waals surface area contributed by atoms with Gasteiger partial charge in [-0.1, -0.05) is 6.58 Å². The highest BCUT2D eigenvalue weighted by atomic mass is 19.1. The molecule has 2 N–H and O–H groups in total. The topological polar surface area (TPSA) is 114 Å². The minimum atomic E-state index is -0.491. The number of anilines is 4. The Morgan fingerprint density at radius 1 is 1.09 bits per heavy atom. The van der Waals surface area contributed by atoms with Crippen molar-refractivity contribution in [1.29, 1.82) is 0 Å². The summed E-state index contributed by atoms with van der Waals surface area (Å²) in [6, 6.07) is 12.5. The van der Waals surface area contributed by atoms with Crippen LogP contribution in [0.2, 0.25) is 0 Å². The lowest BCUT2D eigenvalue weighted by molar-refractivity contribution is -0.126. The fourth-order valence-corrected chi connectivity index (χ4v) is 6.28. The Bertz CT molecular complexity index is 1750. The molecule has 4 aromatic rings. The Balaban J connectivity index is 1.07. The number of methoxy groups -OCH3 is 1. The summed E-state index contributed by atoms with van der Waals surface area (Å²) in [4.78, 5) is 29.4. The number of carbonyl (C=O) groups excluding carboxylic acids is 1. The molecule has 0 spiro atoms. The number of fused-ring (bicyclic) bond motifs is 3. The molecule has 12 heteroatoms. The van der Waals surface area contributed by atoms with Gasteiger partial charge in [-0.3, -0.25) is 4.79 Å². The number of carbonyl (C=O) groups is 1. The van der Waals surface area contributed by atoms with E-state index in [2.05, 4.69) is 37.1 Å². The van der Waals surface area contributed by atoms with Crippen molar-refractivity contribution < 1.29 is 23.4 Å². The monoisotopic (exact) mass is 611 g/mol. The van der Waals surface area contributed by atoms with Crippen LogP contribution in [0.1, 0.15) is 19.3 Å². The van der Waals surface area contributed by atoms with E-state index < -0.39 is 5.82 Å². The third-order valence-electron chi connectivity index (χ3n) is 8.64. The van der Waals surface area contributed by atoms with E-state index in [-0.39, 0.29) is 23.7 Å². The van der Waals surface area contributed by atoms with Crippen molar-refractivity contribution >= 4 is 39.8 Å². The minimum absolute atomic E-state index is 0.0529. The second-order valence-electron chi connectivity index (χ2n) is 11.5. The molecule has 0 radical (unpaired) electrons. The van der Waals surface area contributed by atoms with Gasteiger partial charge in [-0.05, 0) is 49.6 Å². The van der Waals surface area contributed by atoms with Gasteiger partial charge in [0.1, 0.15) is 41.0 Å². The van der Waals surface area contributed by atoms with E-state index >= 15 is 4.39 Å². The molecule has 0 saturated carbocycles. The molecule has 1 unspecified atom stereocenters. The van der Waals surface area contributed by atoms with Gasteiger partial charge in [-0.2, -0.15) is 0 Å². The summed E-state index contributed by atoms with van der Waals surface area (Å²) in [5.41, 5.74) is 1.66. The van der Waals surface area contributed by atoms with E-state index in [0.717, 1.165) is 37.3 Å². The van der Waals surface area contributed by atoms with Crippen molar-refractivity contribution in [2.75, 3.05) is 48.9 Å². The Hall–Kier alpha value is -4.97. The van der Waals surface area contributed by atoms with Crippen molar-refractivity contribution in [1.82, 2.24) is 19.9 Å². The Kier molecular flexibility index (Phi) is 7.80. The SMILES string of the molecule is C=CC(=O)N1CCC(Nc2cc3c(Nc4ccc(Oc5ccnc(N6CC7C[C@H]6CO7)c5)cc4F)ncnc3cc2OC)CC1. The first-order valence-corrected chi connectivity index (χ1v) is 15.1. The number of pyridine rings is 1. The summed E-state index contributed by atoms with van der Waals surface area (Å²) >= 11 is 0. The molecule has 3 fully saturated rings. The number of ether oxygens (including phenoxy) is 3. The van der Waals surface area contributed by atoms with Crippen LogP contribution in [0, 0.1) is 5.82 Å². The first-order valence-electron chi connectivity index (χ1n) is 15.1. The second kappa shape index (κ2) is 12.2. The number of halogens is 1. The number of piperidine rings is 1. The van der Waals surface area contributed by atoms with Crippen LogP contribution in [0.5, 0.6) is 17.2 Å². The average molecular weight is 612 g/mol. The standard InChI is InChI=1S/C33H34FN7O4/c1-3-32(42)40-10-7-20(8-11-40)38-29-15-25-28(16-30(29)43-2)36-19-37-33(25)39-27-5-4-22(13-26(27)34)45-23-6-9-35-31(14-23)41-17-24-12-21(41)18-44-24/h3-6,9,13-16,19-21,24,38H,1,7-8,10-12,17-18H2,2H3,(H,36,37,39)/t21-,24?/m0/s1. The molecular formula is C33H34FN7O4. The summed E-state index contributed by atoms with van der Waals surface area (Å²) in [6.45, 7) is 6.40. The lowest BCUT2D eigenvalue weighted by Crippen LogP contribution is -2.41. The first kappa shape index (κ1) is 28.8. The van der Waals surface area contributed by atoms with Crippen LogP contribution in [0.3, 0.4) is 0 Å². The highest BCUT2D eigenvalue weighted by Crippen LogP contribution is 2.36. The molecule has 3 aliphatic rings. The summed E-state index contributed by atoms with van der Waals surface area (Å²) < 4.78 is 32.8. The third-order valence-corrected chi connectivity index (χ3v) is 8.64. The van der Waals surface area contributed by atoms with E-state index in [0.29, 0.717) is 59.7 Å². The number of amides is 1. The predicted octanol–water partition coefficient (Wildman–Crippen LogP) is 5.27. The molecule has 1 amide bonds. The summed E-state index contributed by atoms with van der Waals surface area (Å²) in [5.74, 6) is 2.32. The number of rotatable bonds is 9. The number of benzene rings is 2. The maximum atomic E-state index is 15.4. The van der Waals surface area contributed by atoms with Crippen LogP contribution in [0.4, 0.5) is 27.4 Å². The zero-order valence-electron chi connectivity index (χ0n) is 24.9. The van der Waals surface area contributed by atoms with E-state index in [1.807, 2.05) is 18.2 Å². The third kappa shape index (κ3) is 5.93. The van der Waals surface area contributed by atoms with Crippen LogP contribution in [0.15, 0.2) is 67.6 Å². The molecule has 2 aromatic heterocycles. The van der Waals surface area contributed by atoms with Crippen molar-refractivity contribution in [3.8, 4) is 17.2 Å². The number of aromatic nitrogens is 3. The smallest absolute Gasteiger partial charge is 0.245 e. The van der Waals surface area contributed by atoms with Gasteiger partial charge >= 0.3 is 0 Å². The molecular weight excluding hydrogens is 577 g/mol. The van der Waals surface area contributed by atoms with Crippen LogP contribution < -0.4 is 25.0 Å². The maximum absolute atomic E-state index is 15.4. The molecule has 45 heavy (non-hydrogen) atoms. The zero-order valence-corrected chi connectivity index (χ0v) is 24.9. The van der Waals surface area contributed by atoms with Crippen molar-refractivity contribution in [3.63, 3.8) is 0 Å². The van der Waals surface area contributed by atoms with Gasteiger partial charge in [0.15, 0.2) is 0 Å². The van der Waals surface area contributed by atoms with Crippen LogP contribution in [-0.4, -0.2) is 77.3 Å². The number of nitrogens with one attached hydrogen (secondary N) is 2. The van der Waals surface area contributed by atoms with E-state index in [9.17, 15) is 4.79 Å². The van der Waals surface area contributed by atoms with E-state index in [1.54, 1.807) is 36.4 Å². The fourth-order valence-electron chi connectivity index (χ4n) is 6.28. The highest BCUT2D eigenvalue weighted by molar-refractivity contribution is 5.95. The molecule has 2 bridgehead atoms. The molecule has 11 nitrogen and oxygen atoms in total. The summed E-state index contributed by atoms with van der Waals surface area (Å²) in [5, 5.41) is 7.38. The van der Waals surface area contributed by atoms with Crippen molar-refractivity contribution in [3.05, 3.63) is 73.5 Å². The first-order chi connectivity index (χ1) is 22.0. The number of likely N-dealkylation sites (tertiary alicyclic amines) is 1. The maximum Gasteiger partial charge on any atom is 0.245 e. The van der Waals surface area contributed by atoms with E-state index in [4.69, 9.17) is 14.2 Å². The molecule has 2 atom stereocenters. The molecule has 3 saturated heterocycles. The number of hydrogen-bond acceptors (Lipinski definition) is 10. The highest BCUT2D eigenvalue weighted by Gasteiger charge is 2.39. The molecule has 232 valence electrons. The van der Waals surface area contributed by atoms with Gasteiger partial charge in [0.25, 0.3) is 0 Å². The van der Waals surface area contributed by atoms with Gasteiger partial charge in [0.05, 0.1) is 42.8 Å². The zero-order chi connectivity index (χ0) is 30.9. The minimum Gasteiger partial charge on any atom is -0.495 e. The molecule has 2 aromatic carbocycles. The van der Waals surface area contributed by atoms with Crippen molar-refractivity contribution in [2.24, 2.45) is 0 Å². The lowest BCUT2D eigenvalue weighted by atomic mass is 10.0. The van der Waals surface area contributed by atoms with Crippen molar-refractivity contribution in [2.45, 2.75) is 37.5 Å². The van der Waals surface area contributed by atoms with Gasteiger partial charge in [-0.25, -0.2) is 19.3 Å². The summed E-state index contributed by atoms with van der Waals surface area (Å²) in [7, 11) is 1.61. The van der Waals surface area contributed by atoms with Gasteiger partial charge in [0, 0.05) is 55.5 Å². The Morgan fingerprint density at radius 3 is 2.67 bits per heavy atom.